The van der Waals surface area contributed by atoms with Crippen LogP contribution in [0.25, 0.3) is 0 Å². The van der Waals surface area contributed by atoms with Crippen LogP contribution in [0.3, 0.4) is 0 Å². The molecule has 2 aromatic carbocycles. The van der Waals surface area contributed by atoms with Gasteiger partial charge in [0.1, 0.15) is 29.8 Å². The van der Waals surface area contributed by atoms with E-state index in [0.29, 0.717) is 31.4 Å². The molecule has 0 aromatic heterocycles. The minimum atomic E-state index is -4.55. The predicted octanol–water partition coefficient (Wildman–Crippen LogP) is 5.70. The standard InChI is InChI=1S/C50H70F2N6O10/c1-10-18-37(43(61)50(51,52)47(65)53-32(6)33-19-12-11-13-20-33)54-44(62)38-27-36(67-48(66)57-26-25-34-21-14-15-22-35(34)28-57)29-58(38)46(64)42(31(4)5)56-45(63)41(30(2)3)55-39(59)23-16-17-24-40(60)68-49(7,8)9/h11-15,19-22,30-32,36-38,41-42H,10,16-18,23-29H2,1-9H3,(H,53,65)(H,54,62)(H,55,59)(H,56,63)/t32-,36+,37-,38-,41-,42-/m0/s1. The van der Waals surface area contributed by atoms with E-state index < -0.39 is 101 Å². The van der Waals surface area contributed by atoms with Crippen molar-refractivity contribution in [2.45, 2.75) is 168 Å². The van der Waals surface area contributed by atoms with Gasteiger partial charge >= 0.3 is 18.0 Å². The van der Waals surface area contributed by atoms with Gasteiger partial charge in [-0.15, -0.1) is 0 Å². The van der Waals surface area contributed by atoms with E-state index >= 15 is 8.78 Å². The highest BCUT2D eigenvalue weighted by molar-refractivity contribution is 6.10. The summed E-state index contributed by atoms with van der Waals surface area (Å²) in [6.07, 6.45) is -0.694. The molecule has 18 heteroatoms. The van der Waals surface area contributed by atoms with E-state index in [9.17, 15) is 38.4 Å². The van der Waals surface area contributed by atoms with Crippen molar-refractivity contribution in [3.05, 3.63) is 71.3 Å². The molecule has 0 radical (unpaired) electrons. The number of nitrogens with one attached hydrogen (secondary N) is 4. The maximum atomic E-state index is 15.7. The Bertz CT molecular complexity index is 2110. The van der Waals surface area contributed by atoms with Gasteiger partial charge in [-0.1, -0.05) is 95.6 Å². The molecule has 2 aliphatic heterocycles. The minimum Gasteiger partial charge on any atom is -0.460 e. The second-order valence-electron chi connectivity index (χ2n) is 19.4. The summed E-state index contributed by atoms with van der Waals surface area (Å²) in [4.78, 5) is 111. The van der Waals surface area contributed by atoms with Gasteiger partial charge in [-0.05, 0) is 81.9 Å². The summed E-state index contributed by atoms with van der Waals surface area (Å²) in [5.74, 6) is -12.5. The molecule has 68 heavy (non-hydrogen) atoms. The number of Topliss-reactive ketones (excluding diaryl/α,β-unsaturated/α-hetero) is 1. The topological polar surface area (TPSA) is 210 Å². The van der Waals surface area contributed by atoms with Gasteiger partial charge in [0, 0.05) is 32.4 Å². The Kier molecular flexibility index (Phi) is 19.6. The number of fused-ring (bicyclic) bond motifs is 1. The highest BCUT2D eigenvalue weighted by Gasteiger charge is 2.52. The first-order valence-corrected chi connectivity index (χ1v) is 23.7. The van der Waals surface area contributed by atoms with Crippen LogP contribution in [0.2, 0.25) is 0 Å². The van der Waals surface area contributed by atoms with Crippen molar-refractivity contribution >= 4 is 47.4 Å². The molecule has 2 aromatic rings. The lowest BCUT2D eigenvalue weighted by Gasteiger charge is -2.32. The van der Waals surface area contributed by atoms with E-state index in [4.69, 9.17) is 9.47 Å². The first kappa shape index (κ1) is 54.7. The highest BCUT2D eigenvalue weighted by Crippen LogP contribution is 2.28. The smallest absolute Gasteiger partial charge is 0.410 e. The molecule has 2 heterocycles. The number of hydrogen-bond acceptors (Lipinski definition) is 10. The number of benzene rings is 2. The molecule has 6 atom stereocenters. The van der Waals surface area contributed by atoms with Crippen LogP contribution >= 0.6 is 0 Å². The summed E-state index contributed by atoms with van der Waals surface area (Å²) >= 11 is 0. The highest BCUT2D eigenvalue weighted by atomic mass is 19.3. The molecule has 374 valence electrons. The largest absolute Gasteiger partial charge is 0.460 e. The summed E-state index contributed by atoms with van der Waals surface area (Å²) < 4.78 is 42.7. The van der Waals surface area contributed by atoms with E-state index in [1.54, 1.807) is 85.7 Å². The number of ketones is 1. The van der Waals surface area contributed by atoms with Crippen LogP contribution in [0.15, 0.2) is 54.6 Å². The fourth-order valence-corrected chi connectivity index (χ4v) is 8.18. The van der Waals surface area contributed by atoms with Crippen LogP contribution in [0.1, 0.15) is 130 Å². The van der Waals surface area contributed by atoms with Crippen LogP contribution in [-0.4, -0.2) is 112 Å². The number of ether oxygens (including phenoxy) is 2. The second kappa shape index (κ2) is 24.4. The molecule has 0 spiro atoms. The van der Waals surface area contributed by atoms with E-state index in [-0.39, 0.29) is 51.2 Å². The number of unbranched alkanes of at least 4 members (excludes halogenated alkanes) is 1. The summed E-state index contributed by atoms with van der Waals surface area (Å²) in [6, 6.07) is 9.42. The van der Waals surface area contributed by atoms with E-state index in [2.05, 4.69) is 21.3 Å². The van der Waals surface area contributed by atoms with Gasteiger partial charge in [-0.25, -0.2) is 4.79 Å². The number of carbonyl (C=O) groups is 8. The maximum Gasteiger partial charge on any atom is 0.410 e. The maximum absolute atomic E-state index is 15.7. The molecular weight excluding hydrogens is 883 g/mol. The van der Waals surface area contributed by atoms with Gasteiger partial charge in [-0.3, -0.25) is 33.6 Å². The lowest BCUT2D eigenvalue weighted by Crippen LogP contribution is -2.60. The molecule has 4 N–H and O–H groups in total. The quantitative estimate of drug-likeness (QED) is 0.0682. The third-order valence-electron chi connectivity index (χ3n) is 11.9. The summed E-state index contributed by atoms with van der Waals surface area (Å²) in [7, 11) is 0. The van der Waals surface area contributed by atoms with Crippen molar-refractivity contribution < 1.29 is 56.6 Å². The van der Waals surface area contributed by atoms with Crippen molar-refractivity contribution in [3.63, 3.8) is 0 Å². The Morgan fingerprint density at radius 3 is 2.01 bits per heavy atom. The first-order chi connectivity index (χ1) is 31.9. The Balaban J connectivity index is 1.53. The Hall–Kier alpha value is -5.94. The molecule has 1 saturated heterocycles. The number of rotatable bonds is 21. The Labute approximate surface area is 398 Å². The average molecular weight is 953 g/mol. The van der Waals surface area contributed by atoms with Crippen LogP contribution < -0.4 is 21.3 Å². The van der Waals surface area contributed by atoms with Crippen molar-refractivity contribution in [2.24, 2.45) is 11.8 Å². The zero-order chi connectivity index (χ0) is 50.5. The number of amides is 6. The Morgan fingerprint density at radius 1 is 0.779 bits per heavy atom. The number of alkyl halides is 2. The molecule has 2 aliphatic rings. The summed E-state index contributed by atoms with van der Waals surface area (Å²) in [6.45, 7) is 15.4. The average Bonchev–Trinajstić information content (AvgIpc) is 3.71. The molecule has 0 bridgehead atoms. The van der Waals surface area contributed by atoms with Crippen molar-refractivity contribution in [3.8, 4) is 0 Å². The monoisotopic (exact) mass is 953 g/mol. The fraction of sp³-hybridized carbons (Fsp3) is 0.600. The zero-order valence-corrected chi connectivity index (χ0v) is 40.8. The normalized spacial score (nSPS) is 17.8. The number of likely N-dealkylation sites (tertiary alicyclic amines) is 1. The van der Waals surface area contributed by atoms with E-state index in [1.807, 2.05) is 24.3 Å². The van der Waals surface area contributed by atoms with Crippen LogP contribution in [0.4, 0.5) is 13.6 Å². The molecule has 4 rings (SSSR count). The Morgan fingerprint density at radius 2 is 1.40 bits per heavy atom. The van der Waals surface area contributed by atoms with Gasteiger partial charge < -0.3 is 40.5 Å². The third-order valence-corrected chi connectivity index (χ3v) is 11.9. The van der Waals surface area contributed by atoms with Gasteiger partial charge in [0.15, 0.2) is 0 Å². The fourth-order valence-electron chi connectivity index (χ4n) is 8.18. The number of halogens is 2. The number of hydrogen-bond donors (Lipinski definition) is 4. The number of esters is 1. The van der Waals surface area contributed by atoms with E-state index in [1.165, 1.54) is 11.8 Å². The van der Waals surface area contributed by atoms with Crippen molar-refractivity contribution in [2.75, 3.05) is 13.1 Å². The molecule has 6 amide bonds. The van der Waals surface area contributed by atoms with Crippen molar-refractivity contribution in [1.82, 2.24) is 31.1 Å². The predicted molar refractivity (Wildman–Crippen MR) is 249 cm³/mol. The second-order valence-corrected chi connectivity index (χ2v) is 19.4. The van der Waals surface area contributed by atoms with Gasteiger partial charge in [0.25, 0.3) is 5.91 Å². The zero-order valence-electron chi connectivity index (χ0n) is 40.8. The summed E-state index contributed by atoms with van der Waals surface area (Å²) in [5, 5.41) is 10.0. The lowest BCUT2D eigenvalue weighted by molar-refractivity contribution is -0.161. The minimum absolute atomic E-state index is 0.0192. The van der Waals surface area contributed by atoms with Gasteiger partial charge in [0.05, 0.1) is 18.6 Å². The molecule has 0 saturated carbocycles. The lowest BCUT2D eigenvalue weighted by atomic mass is 9.98. The SMILES string of the molecule is CCC[C@H](NC(=O)[C@@H]1C[C@@H](OC(=O)N2CCc3ccccc3C2)CN1C(=O)[C@@H](NC(=O)[C@@H](NC(=O)CCCCC(=O)OC(C)(C)C)C(C)C)C(C)C)C(=O)C(F)(F)C(=O)N[C@@H](C)c1ccccc1. The number of nitrogens with zero attached hydrogens (tertiary/aromatic N) is 2. The van der Waals surface area contributed by atoms with Gasteiger partial charge in [-0.2, -0.15) is 8.78 Å². The van der Waals surface area contributed by atoms with Crippen molar-refractivity contribution in [1.29, 1.82) is 0 Å². The molecule has 16 nitrogen and oxygen atoms in total. The van der Waals surface area contributed by atoms with Crippen LogP contribution in [-0.2, 0) is 56.0 Å². The number of carbonyl (C=O) groups excluding carboxylic acids is 8. The molecule has 0 aliphatic carbocycles. The third kappa shape index (κ3) is 15.3. The summed E-state index contributed by atoms with van der Waals surface area (Å²) in [5.41, 5.74) is 1.91. The van der Waals surface area contributed by atoms with Gasteiger partial charge in [0.2, 0.25) is 29.4 Å². The molecular formula is C50H70F2N6O10. The molecule has 0 unspecified atom stereocenters. The van der Waals surface area contributed by atoms with Crippen LogP contribution in [0, 0.1) is 11.8 Å². The van der Waals surface area contributed by atoms with Crippen LogP contribution in [0.5, 0.6) is 0 Å². The molecule has 1 fully saturated rings. The van der Waals surface area contributed by atoms with E-state index in [0.717, 1.165) is 16.0 Å². The first-order valence-electron chi connectivity index (χ1n) is 23.7.